The summed E-state index contributed by atoms with van der Waals surface area (Å²) in [5.41, 5.74) is 1.89. The van der Waals surface area contributed by atoms with Gasteiger partial charge >= 0.3 is 0 Å². The van der Waals surface area contributed by atoms with Gasteiger partial charge in [-0.3, -0.25) is 0 Å². The van der Waals surface area contributed by atoms with Crippen LogP contribution in [0.2, 0.25) is 0 Å². The van der Waals surface area contributed by atoms with Gasteiger partial charge in [-0.15, -0.1) is 12.4 Å². The van der Waals surface area contributed by atoms with Crippen molar-refractivity contribution in [1.29, 1.82) is 0 Å². The van der Waals surface area contributed by atoms with Crippen LogP contribution in [0.25, 0.3) is 0 Å². The maximum Gasteiger partial charge on any atom is 0.215 e. The highest BCUT2D eigenvalue weighted by atomic mass is 35.5. The Bertz CT molecular complexity index is 463. The Hall–Kier alpha value is -0.620. The number of hydrogen-bond donors (Lipinski definition) is 2. The van der Waals surface area contributed by atoms with E-state index in [1.807, 2.05) is 38.1 Å². The van der Waals surface area contributed by atoms with E-state index in [-0.39, 0.29) is 24.2 Å². The molecule has 0 aliphatic heterocycles. The minimum absolute atomic E-state index is 0. The lowest BCUT2D eigenvalue weighted by Crippen LogP contribution is -2.37. The average Bonchev–Trinajstić information content (AvgIpc) is 2.25. The number of aryl methyl sites for hydroxylation is 1. The number of sulfonamides is 1. The highest BCUT2D eigenvalue weighted by Gasteiger charge is 2.12. The fourth-order valence-corrected chi connectivity index (χ4v) is 2.65. The first-order valence-corrected chi connectivity index (χ1v) is 7.28. The molecule has 6 heteroatoms. The summed E-state index contributed by atoms with van der Waals surface area (Å²) in [6.45, 7) is 4.28. The molecule has 0 heterocycles. The van der Waals surface area contributed by atoms with Gasteiger partial charge in [-0.05, 0) is 26.5 Å². The van der Waals surface area contributed by atoms with Crippen LogP contribution < -0.4 is 10.0 Å². The molecule has 0 aliphatic rings. The van der Waals surface area contributed by atoms with Crippen molar-refractivity contribution in [2.24, 2.45) is 0 Å². The van der Waals surface area contributed by atoms with Gasteiger partial charge in [0.1, 0.15) is 0 Å². The van der Waals surface area contributed by atoms with E-state index in [9.17, 15) is 8.42 Å². The summed E-state index contributed by atoms with van der Waals surface area (Å²) in [4.78, 5) is 0. The van der Waals surface area contributed by atoms with Crippen LogP contribution in [0.5, 0.6) is 0 Å². The van der Waals surface area contributed by atoms with Gasteiger partial charge in [-0.1, -0.05) is 29.8 Å². The zero-order chi connectivity index (χ0) is 12.9. The molecule has 0 saturated heterocycles. The molecule has 0 fully saturated rings. The summed E-state index contributed by atoms with van der Waals surface area (Å²) in [5.74, 6) is 0.0329. The van der Waals surface area contributed by atoms with E-state index in [0.29, 0.717) is 6.54 Å². The minimum atomic E-state index is -3.25. The molecule has 2 N–H and O–H groups in total. The number of nitrogens with one attached hydrogen (secondary N) is 2. The number of hydrogen-bond acceptors (Lipinski definition) is 3. The molecule has 0 amide bonds. The van der Waals surface area contributed by atoms with Crippen LogP contribution in [0, 0.1) is 6.92 Å². The molecule has 1 aromatic carbocycles. The quantitative estimate of drug-likeness (QED) is 0.834. The Labute approximate surface area is 116 Å². The summed E-state index contributed by atoms with van der Waals surface area (Å²) >= 11 is 0. The van der Waals surface area contributed by atoms with E-state index in [2.05, 4.69) is 10.0 Å². The highest BCUT2D eigenvalue weighted by molar-refractivity contribution is 7.88. The fourth-order valence-electron chi connectivity index (χ4n) is 1.43. The van der Waals surface area contributed by atoms with E-state index in [4.69, 9.17) is 0 Å². The van der Waals surface area contributed by atoms with Crippen molar-refractivity contribution in [3.63, 3.8) is 0 Å². The number of likely N-dealkylation sites (N-methyl/N-ethyl adjacent to an activating group) is 1. The monoisotopic (exact) mass is 292 g/mol. The van der Waals surface area contributed by atoms with Crippen molar-refractivity contribution in [2.75, 3.05) is 13.6 Å². The predicted octanol–water partition coefficient (Wildman–Crippen LogP) is 1.44. The van der Waals surface area contributed by atoms with Gasteiger partial charge in [0.15, 0.2) is 0 Å². The average molecular weight is 293 g/mol. The molecule has 1 rings (SSSR count). The van der Waals surface area contributed by atoms with Gasteiger partial charge in [0.2, 0.25) is 10.0 Å². The van der Waals surface area contributed by atoms with Gasteiger partial charge in [0.25, 0.3) is 0 Å². The Morgan fingerprint density at radius 3 is 2.56 bits per heavy atom. The molecule has 104 valence electrons. The Morgan fingerprint density at radius 1 is 1.33 bits per heavy atom. The third kappa shape index (κ3) is 6.35. The molecule has 0 aliphatic carbocycles. The van der Waals surface area contributed by atoms with Crippen molar-refractivity contribution < 1.29 is 8.42 Å². The van der Waals surface area contributed by atoms with Crippen LogP contribution >= 0.6 is 12.4 Å². The molecule has 4 nitrogen and oxygen atoms in total. The zero-order valence-electron chi connectivity index (χ0n) is 10.9. The molecule has 18 heavy (non-hydrogen) atoms. The highest BCUT2D eigenvalue weighted by Crippen LogP contribution is 2.07. The molecule has 1 atom stereocenters. The lowest BCUT2D eigenvalue weighted by molar-refractivity contribution is 0.553. The van der Waals surface area contributed by atoms with Crippen LogP contribution in [-0.2, 0) is 15.8 Å². The summed E-state index contributed by atoms with van der Waals surface area (Å²) in [7, 11) is -1.44. The third-order valence-electron chi connectivity index (χ3n) is 2.54. The van der Waals surface area contributed by atoms with E-state index in [1.165, 1.54) is 0 Å². The summed E-state index contributed by atoms with van der Waals surface area (Å²) in [5, 5.41) is 2.98. The lowest BCUT2D eigenvalue weighted by Gasteiger charge is -2.12. The molecular formula is C12H21ClN2O2S. The SMILES string of the molecule is CNC(C)CNS(=O)(=O)Cc1cccc(C)c1.Cl. The fraction of sp³-hybridized carbons (Fsp3) is 0.500. The number of rotatable bonds is 6. The van der Waals surface area contributed by atoms with E-state index in [1.54, 1.807) is 7.05 Å². The Balaban J connectivity index is 0.00000289. The Kier molecular flexibility index (Phi) is 7.47. The summed E-state index contributed by atoms with van der Waals surface area (Å²) in [6, 6.07) is 7.67. The van der Waals surface area contributed by atoms with Crippen LogP contribution in [0.1, 0.15) is 18.1 Å². The molecule has 0 saturated carbocycles. The molecule has 0 bridgehead atoms. The van der Waals surface area contributed by atoms with Crippen LogP contribution in [-0.4, -0.2) is 28.1 Å². The lowest BCUT2D eigenvalue weighted by atomic mass is 10.2. The second kappa shape index (κ2) is 7.74. The largest absolute Gasteiger partial charge is 0.316 e. The summed E-state index contributed by atoms with van der Waals surface area (Å²) in [6.07, 6.45) is 0. The topological polar surface area (TPSA) is 58.2 Å². The molecular weight excluding hydrogens is 272 g/mol. The molecule has 0 aromatic heterocycles. The van der Waals surface area contributed by atoms with Crippen LogP contribution in [0.3, 0.4) is 0 Å². The number of benzene rings is 1. The molecule has 0 radical (unpaired) electrons. The van der Waals surface area contributed by atoms with E-state index >= 15 is 0 Å². The second-order valence-corrected chi connectivity index (χ2v) is 6.09. The first-order chi connectivity index (χ1) is 7.93. The third-order valence-corrected chi connectivity index (χ3v) is 3.86. The molecule has 1 aromatic rings. The normalized spacial score (nSPS) is 12.8. The Morgan fingerprint density at radius 2 is 2.00 bits per heavy atom. The van der Waals surface area contributed by atoms with Crippen molar-refractivity contribution in [3.05, 3.63) is 35.4 Å². The van der Waals surface area contributed by atoms with Crippen molar-refractivity contribution in [1.82, 2.24) is 10.0 Å². The first-order valence-electron chi connectivity index (χ1n) is 5.63. The minimum Gasteiger partial charge on any atom is -0.316 e. The number of halogens is 1. The van der Waals surface area contributed by atoms with Crippen molar-refractivity contribution in [3.8, 4) is 0 Å². The first kappa shape index (κ1) is 17.4. The smallest absolute Gasteiger partial charge is 0.215 e. The van der Waals surface area contributed by atoms with Gasteiger partial charge in [-0.2, -0.15) is 0 Å². The molecule has 0 spiro atoms. The van der Waals surface area contributed by atoms with Crippen LogP contribution in [0.15, 0.2) is 24.3 Å². The van der Waals surface area contributed by atoms with Gasteiger partial charge in [-0.25, -0.2) is 13.1 Å². The van der Waals surface area contributed by atoms with Crippen molar-refractivity contribution >= 4 is 22.4 Å². The maximum absolute atomic E-state index is 11.8. The zero-order valence-corrected chi connectivity index (χ0v) is 12.6. The van der Waals surface area contributed by atoms with E-state index < -0.39 is 10.0 Å². The van der Waals surface area contributed by atoms with Gasteiger partial charge < -0.3 is 5.32 Å². The van der Waals surface area contributed by atoms with Crippen LogP contribution in [0.4, 0.5) is 0 Å². The second-order valence-electron chi connectivity index (χ2n) is 4.29. The summed E-state index contributed by atoms with van der Waals surface area (Å²) < 4.78 is 26.2. The van der Waals surface area contributed by atoms with E-state index in [0.717, 1.165) is 11.1 Å². The van der Waals surface area contributed by atoms with Crippen molar-refractivity contribution in [2.45, 2.75) is 25.6 Å². The maximum atomic E-state index is 11.8. The standard InChI is InChI=1S/C12H20N2O2S.ClH/c1-10-5-4-6-12(7-10)9-17(15,16)14-8-11(2)13-3;/h4-7,11,13-14H,8-9H2,1-3H3;1H. The van der Waals surface area contributed by atoms with Gasteiger partial charge in [0.05, 0.1) is 5.75 Å². The van der Waals surface area contributed by atoms with Gasteiger partial charge in [0, 0.05) is 12.6 Å². The molecule has 1 unspecified atom stereocenters. The predicted molar refractivity (Wildman–Crippen MR) is 77.6 cm³/mol.